The summed E-state index contributed by atoms with van der Waals surface area (Å²) in [6.45, 7) is 7.17. The van der Waals surface area contributed by atoms with Crippen LogP contribution >= 0.6 is 0 Å². The van der Waals surface area contributed by atoms with Crippen LogP contribution in [0, 0.1) is 13.8 Å². The van der Waals surface area contributed by atoms with E-state index in [0.717, 1.165) is 17.0 Å². The van der Waals surface area contributed by atoms with Crippen molar-refractivity contribution in [3.63, 3.8) is 0 Å². The number of nitrogens with one attached hydrogen (secondary N) is 1. The average molecular weight is 281 g/mol. The summed E-state index contributed by atoms with van der Waals surface area (Å²) in [7, 11) is 1.82. The topological polar surface area (TPSA) is 84.2 Å². The van der Waals surface area contributed by atoms with Gasteiger partial charge in [-0.25, -0.2) is 4.79 Å². The fraction of sp³-hybridized carbons (Fsp3) is 0.643. The maximum Gasteiger partial charge on any atom is 0.329 e. The van der Waals surface area contributed by atoms with Crippen molar-refractivity contribution in [2.45, 2.75) is 52.5 Å². The van der Waals surface area contributed by atoms with E-state index < -0.39 is 11.5 Å². The molecule has 0 aliphatic heterocycles. The molecular weight excluding hydrogens is 258 g/mol. The Morgan fingerprint density at radius 2 is 2.00 bits per heavy atom. The van der Waals surface area contributed by atoms with Gasteiger partial charge in [0.05, 0.1) is 12.1 Å². The Morgan fingerprint density at radius 1 is 1.40 bits per heavy atom. The number of hydrogen-bond donors (Lipinski definition) is 2. The molecule has 0 bridgehead atoms. The number of aliphatic carboxylic acids is 1. The highest BCUT2D eigenvalue weighted by molar-refractivity contribution is 5.87. The largest absolute Gasteiger partial charge is 0.480 e. The van der Waals surface area contributed by atoms with Gasteiger partial charge in [0.15, 0.2) is 0 Å². The lowest BCUT2D eigenvalue weighted by atomic mass is 9.95. The van der Waals surface area contributed by atoms with Crippen LogP contribution in [-0.2, 0) is 23.1 Å². The average Bonchev–Trinajstić information content (AvgIpc) is 2.56. The van der Waals surface area contributed by atoms with Crippen LogP contribution in [0.15, 0.2) is 0 Å². The van der Waals surface area contributed by atoms with Gasteiger partial charge >= 0.3 is 5.97 Å². The number of amides is 1. The van der Waals surface area contributed by atoms with Gasteiger partial charge in [-0.05, 0) is 27.2 Å². The van der Waals surface area contributed by atoms with Crippen molar-refractivity contribution < 1.29 is 14.7 Å². The Balaban J connectivity index is 2.84. The summed E-state index contributed by atoms with van der Waals surface area (Å²) in [4.78, 5) is 23.4. The van der Waals surface area contributed by atoms with Crippen LogP contribution < -0.4 is 5.32 Å². The quantitative estimate of drug-likeness (QED) is 0.824. The normalized spacial score (nSPS) is 13.8. The highest BCUT2D eigenvalue weighted by atomic mass is 16.4. The second-order valence-electron chi connectivity index (χ2n) is 5.39. The van der Waals surface area contributed by atoms with Gasteiger partial charge < -0.3 is 10.4 Å². The summed E-state index contributed by atoms with van der Waals surface area (Å²) in [6, 6.07) is 0. The van der Waals surface area contributed by atoms with E-state index >= 15 is 0 Å². The molecule has 0 aliphatic rings. The third-order valence-corrected chi connectivity index (χ3v) is 3.63. The summed E-state index contributed by atoms with van der Waals surface area (Å²) < 4.78 is 1.72. The maximum atomic E-state index is 12.1. The van der Waals surface area contributed by atoms with Gasteiger partial charge in [0.2, 0.25) is 5.91 Å². The molecule has 0 spiro atoms. The molecule has 1 aromatic heterocycles. The molecule has 0 aromatic carbocycles. The summed E-state index contributed by atoms with van der Waals surface area (Å²) in [6.07, 6.45) is 1.24. The zero-order valence-electron chi connectivity index (χ0n) is 12.8. The SMILES string of the molecule is CCCC(C)(NC(=O)Cc1c(C)nn(C)c1C)C(=O)O. The van der Waals surface area contributed by atoms with E-state index in [2.05, 4.69) is 10.4 Å². The number of hydrogen-bond acceptors (Lipinski definition) is 3. The fourth-order valence-electron chi connectivity index (χ4n) is 2.31. The molecule has 1 unspecified atom stereocenters. The van der Waals surface area contributed by atoms with Crippen molar-refractivity contribution in [3.8, 4) is 0 Å². The molecule has 1 rings (SSSR count). The summed E-state index contributed by atoms with van der Waals surface area (Å²) in [5.41, 5.74) is 1.36. The standard InChI is InChI=1S/C14H23N3O3/c1-6-7-14(4,13(19)20)15-12(18)8-11-9(2)16-17(5)10(11)3/h6-8H2,1-5H3,(H,15,18)(H,19,20). The van der Waals surface area contributed by atoms with Crippen LogP contribution in [0.1, 0.15) is 43.6 Å². The van der Waals surface area contributed by atoms with E-state index in [1.54, 1.807) is 11.6 Å². The molecule has 0 radical (unpaired) electrons. The second kappa shape index (κ2) is 6.07. The van der Waals surface area contributed by atoms with Gasteiger partial charge in [0.1, 0.15) is 5.54 Å². The summed E-state index contributed by atoms with van der Waals surface area (Å²) >= 11 is 0. The monoisotopic (exact) mass is 281 g/mol. The fourth-order valence-corrected chi connectivity index (χ4v) is 2.31. The Morgan fingerprint density at radius 3 is 2.40 bits per heavy atom. The number of rotatable bonds is 6. The first-order valence-electron chi connectivity index (χ1n) is 6.74. The van der Waals surface area contributed by atoms with Crippen LogP contribution in [0.25, 0.3) is 0 Å². The molecule has 0 saturated carbocycles. The molecule has 0 aliphatic carbocycles. The number of carbonyl (C=O) groups excluding carboxylic acids is 1. The lowest BCUT2D eigenvalue weighted by Crippen LogP contribution is -2.52. The Hall–Kier alpha value is -1.85. The van der Waals surface area contributed by atoms with E-state index in [9.17, 15) is 14.7 Å². The first kappa shape index (κ1) is 16.2. The molecule has 112 valence electrons. The van der Waals surface area contributed by atoms with Crippen LogP contribution in [0.3, 0.4) is 0 Å². The van der Waals surface area contributed by atoms with Gasteiger partial charge in [-0.3, -0.25) is 9.48 Å². The van der Waals surface area contributed by atoms with Gasteiger partial charge in [-0.2, -0.15) is 5.10 Å². The lowest BCUT2D eigenvalue weighted by molar-refractivity contribution is -0.147. The van der Waals surface area contributed by atoms with Gasteiger partial charge in [-0.15, -0.1) is 0 Å². The van der Waals surface area contributed by atoms with Crippen molar-refractivity contribution in [2.75, 3.05) is 0 Å². The minimum Gasteiger partial charge on any atom is -0.480 e. The van der Waals surface area contributed by atoms with Crippen molar-refractivity contribution in [3.05, 3.63) is 17.0 Å². The number of nitrogens with zero attached hydrogens (tertiary/aromatic N) is 2. The number of aromatic nitrogens is 2. The van der Waals surface area contributed by atoms with Crippen molar-refractivity contribution in [1.29, 1.82) is 0 Å². The third kappa shape index (κ3) is 3.37. The zero-order valence-corrected chi connectivity index (χ0v) is 12.8. The molecule has 6 nitrogen and oxygen atoms in total. The molecule has 6 heteroatoms. The molecule has 2 N–H and O–H groups in total. The summed E-state index contributed by atoms with van der Waals surface area (Å²) in [5, 5.41) is 16.1. The van der Waals surface area contributed by atoms with Crippen molar-refractivity contribution >= 4 is 11.9 Å². The predicted octanol–water partition coefficient (Wildman–Crippen LogP) is 1.34. The maximum absolute atomic E-state index is 12.1. The van der Waals surface area contributed by atoms with E-state index in [-0.39, 0.29) is 12.3 Å². The van der Waals surface area contributed by atoms with Crippen molar-refractivity contribution in [1.82, 2.24) is 15.1 Å². The Kier molecular flexibility index (Phi) is 4.92. The van der Waals surface area contributed by atoms with Gasteiger partial charge in [-0.1, -0.05) is 13.3 Å². The van der Waals surface area contributed by atoms with Crippen molar-refractivity contribution in [2.24, 2.45) is 7.05 Å². The molecule has 20 heavy (non-hydrogen) atoms. The second-order valence-corrected chi connectivity index (χ2v) is 5.39. The molecule has 0 fully saturated rings. The molecule has 1 amide bonds. The number of aryl methyl sites for hydroxylation is 2. The van der Waals surface area contributed by atoms with E-state index in [1.165, 1.54) is 0 Å². The third-order valence-electron chi connectivity index (χ3n) is 3.63. The van der Waals surface area contributed by atoms with E-state index in [1.807, 2.05) is 27.8 Å². The highest BCUT2D eigenvalue weighted by Crippen LogP contribution is 2.16. The van der Waals surface area contributed by atoms with Gasteiger partial charge in [0, 0.05) is 18.3 Å². The first-order chi connectivity index (χ1) is 9.21. The minimum absolute atomic E-state index is 0.151. The van der Waals surface area contributed by atoms with E-state index in [0.29, 0.717) is 12.8 Å². The van der Waals surface area contributed by atoms with Crippen LogP contribution in [-0.4, -0.2) is 32.3 Å². The first-order valence-corrected chi connectivity index (χ1v) is 6.74. The molecular formula is C14H23N3O3. The molecule has 1 heterocycles. The van der Waals surface area contributed by atoms with Gasteiger partial charge in [0.25, 0.3) is 0 Å². The van der Waals surface area contributed by atoms with Crippen LogP contribution in [0.4, 0.5) is 0 Å². The van der Waals surface area contributed by atoms with E-state index in [4.69, 9.17) is 0 Å². The summed E-state index contributed by atoms with van der Waals surface area (Å²) in [5.74, 6) is -1.30. The lowest BCUT2D eigenvalue weighted by Gasteiger charge is -2.25. The number of carboxylic acids is 1. The number of carboxylic acid groups (broad SMARTS) is 1. The molecule has 1 aromatic rings. The molecule has 0 saturated heterocycles. The Labute approximate surface area is 119 Å². The van der Waals surface area contributed by atoms with Crippen LogP contribution in [0.5, 0.6) is 0 Å². The zero-order chi connectivity index (χ0) is 15.5. The molecule has 1 atom stereocenters. The Bertz CT molecular complexity index is 522. The van der Waals surface area contributed by atoms with Crippen LogP contribution in [0.2, 0.25) is 0 Å². The minimum atomic E-state index is -1.21. The smallest absolute Gasteiger partial charge is 0.329 e. The highest BCUT2D eigenvalue weighted by Gasteiger charge is 2.33. The number of carbonyl (C=O) groups is 2. The predicted molar refractivity (Wildman–Crippen MR) is 75.5 cm³/mol.